The van der Waals surface area contributed by atoms with Crippen LogP contribution in [0.3, 0.4) is 0 Å². The van der Waals surface area contributed by atoms with E-state index >= 15 is 0 Å². The molecule has 40 heavy (non-hydrogen) atoms. The van der Waals surface area contributed by atoms with E-state index < -0.39 is 10.8 Å². The summed E-state index contributed by atoms with van der Waals surface area (Å²) in [5.41, 5.74) is 2.05. The highest BCUT2D eigenvalue weighted by atomic mass is 16.5. The van der Waals surface area contributed by atoms with Crippen LogP contribution in [0.1, 0.15) is 82.0 Å². The van der Waals surface area contributed by atoms with Crippen LogP contribution in [0.2, 0.25) is 0 Å². The van der Waals surface area contributed by atoms with Gasteiger partial charge in [-0.25, -0.2) is 0 Å². The van der Waals surface area contributed by atoms with Crippen LogP contribution < -0.4 is 4.90 Å². The monoisotopic (exact) mass is 542 g/mol. The molecule has 1 spiro atoms. The Labute approximate surface area is 237 Å². The molecule has 212 valence electrons. The molecule has 2 amide bonds. The number of likely N-dealkylation sites (tertiary alicyclic amines) is 2. The molecule has 7 rings (SSSR count). The maximum atomic E-state index is 14.6. The number of para-hydroxylation sites is 1. The van der Waals surface area contributed by atoms with E-state index in [1.165, 1.54) is 32.4 Å². The lowest BCUT2D eigenvalue weighted by molar-refractivity contribution is -0.153. The van der Waals surface area contributed by atoms with E-state index in [1.54, 1.807) is 6.20 Å². The van der Waals surface area contributed by atoms with Crippen LogP contribution in [0.5, 0.6) is 0 Å². The number of ether oxygens (including phenoxy) is 1. The van der Waals surface area contributed by atoms with Gasteiger partial charge < -0.3 is 19.4 Å². The second-order valence-corrected chi connectivity index (χ2v) is 13.0. The van der Waals surface area contributed by atoms with Gasteiger partial charge >= 0.3 is 0 Å². The van der Waals surface area contributed by atoms with Gasteiger partial charge in [0.05, 0.1) is 22.6 Å². The van der Waals surface area contributed by atoms with Gasteiger partial charge in [0.1, 0.15) is 0 Å². The van der Waals surface area contributed by atoms with Gasteiger partial charge in [-0.1, -0.05) is 37.6 Å². The Hall–Kier alpha value is -2.77. The molecule has 2 aromatic rings. The predicted molar refractivity (Wildman–Crippen MR) is 154 cm³/mol. The number of hydrogen-bond donors (Lipinski definition) is 0. The largest absolute Gasteiger partial charge is 0.381 e. The number of anilines is 1. The molecule has 0 radical (unpaired) electrons. The minimum atomic E-state index is -0.623. The first-order chi connectivity index (χ1) is 19.5. The van der Waals surface area contributed by atoms with Crippen molar-refractivity contribution in [3.63, 3.8) is 0 Å². The van der Waals surface area contributed by atoms with Crippen LogP contribution in [-0.4, -0.2) is 71.5 Å². The zero-order chi connectivity index (χ0) is 27.3. The summed E-state index contributed by atoms with van der Waals surface area (Å²) in [6.45, 7) is 6.29. The molecule has 1 aliphatic carbocycles. The number of hydrogen-bond acceptors (Lipinski definition) is 5. The first kappa shape index (κ1) is 26.1. The van der Waals surface area contributed by atoms with E-state index in [-0.39, 0.29) is 23.9 Å². The van der Waals surface area contributed by atoms with Gasteiger partial charge in [0.15, 0.2) is 0 Å². The molecule has 4 aliphatic heterocycles. The molecule has 5 heterocycles. The molecule has 4 fully saturated rings. The third-order valence-corrected chi connectivity index (χ3v) is 10.8. The Morgan fingerprint density at radius 1 is 0.925 bits per heavy atom. The van der Waals surface area contributed by atoms with Crippen molar-refractivity contribution in [2.75, 3.05) is 37.7 Å². The summed E-state index contributed by atoms with van der Waals surface area (Å²) in [6.07, 6.45) is 10.6. The number of aromatic nitrogens is 1. The molecule has 0 bridgehead atoms. The van der Waals surface area contributed by atoms with Crippen molar-refractivity contribution >= 4 is 17.5 Å². The number of fused-ring (bicyclic) bond motifs is 2. The van der Waals surface area contributed by atoms with E-state index in [0.29, 0.717) is 38.6 Å². The number of nitrogens with zero attached hydrogens (tertiary/aromatic N) is 4. The average molecular weight is 543 g/mol. The summed E-state index contributed by atoms with van der Waals surface area (Å²) in [7, 11) is 0. The van der Waals surface area contributed by atoms with Gasteiger partial charge in [0.25, 0.3) is 0 Å². The van der Waals surface area contributed by atoms with Crippen LogP contribution >= 0.6 is 0 Å². The molecule has 3 saturated heterocycles. The first-order valence-electron chi connectivity index (χ1n) is 15.5. The van der Waals surface area contributed by atoms with Crippen molar-refractivity contribution in [3.05, 3.63) is 59.9 Å². The number of pyridine rings is 1. The third-order valence-electron chi connectivity index (χ3n) is 10.8. The molecular weight excluding hydrogens is 500 g/mol. The fourth-order valence-corrected chi connectivity index (χ4v) is 8.17. The number of carbonyl (C=O) groups is 2. The van der Waals surface area contributed by atoms with Crippen LogP contribution in [-0.2, 0) is 19.7 Å². The van der Waals surface area contributed by atoms with Gasteiger partial charge in [-0.2, -0.15) is 0 Å². The lowest BCUT2D eigenvalue weighted by Gasteiger charge is -2.49. The number of amides is 2. The normalized spacial score (nSPS) is 32.1. The number of carbonyl (C=O) groups excluding carboxylic acids is 2. The van der Waals surface area contributed by atoms with Crippen LogP contribution in [0, 0.1) is 5.41 Å². The van der Waals surface area contributed by atoms with Crippen molar-refractivity contribution in [1.29, 1.82) is 0 Å². The van der Waals surface area contributed by atoms with E-state index in [2.05, 4.69) is 41.0 Å². The minimum Gasteiger partial charge on any atom is -0.381 e. The quantitative estimate of drug-likeness (QED) is 0.552. The third kappa shape index (κ3) is 4.19. The maximum Gasteiger partial charge on any atom is 0.238 e. The number of rotatable bonds is 4. The average Bonchev–Trinajstić information content (AvgIpc) is 3.20. The van der Waals surface area contributed by atoms with Crippen molar-refractivity contribution in [2.45, 2.75) is 88.3 Å². The van der Waals surface area contributed by atoms with Gasteiger partial charge in [0, 0.05) is 43.7 Å². The summed E-state index contributed by atoms with van der Waals surface area (Å²) in [5.74, 6) is 0.418. The topological polar surface area (TPSA) is 66.0 Å². The van der Waals surface area contributed by atoms with E-state index in [4.69, 9.17) is 9.72 Å². The fraction of sp³-hybridized carbons (Fsp3) is 0.606. The first-order valence-corrected chi connectivity index (χ1v) is 15.5. The molecule has 1 saturated carbocycles. The van der Waals surface area contributed by atoms with E-state index in [0.717, 1.165) is 42.6 Å². The molecule has 7 heteroatoms. The van der Waals surface area contributed by atoms with Crippen molar-refractivity contribution < 1.29 is 14.3 Å². The molecule has 1 aromatic heterocycles. The molecule has 7 nitrogen and oxygen atoms in total. The van der Waals surface area contributed by atoms with Gasteiger partial charge in [0.2, 0.25) is 11.8 Å². The van der Waals surface area contributed by atoms with Crippen LogP contribution in [0.4, 0.5) is 5.69 Å². The molecule has 5 aliphatic rings. The summed E-state index contributed by atoms with van der Waals surface area (Å²) >= 11 is 0. The standard InChI is InChI=1S/C33H42N4O3/c1-32(13-19-40-20-14-32)30(38)36-18-12-33(23-29(36)27-10-5-6-15-34-27)26-9-3-4-11-28(26)37(31(33)39)25-21-24(22-25)35-16-7-2-8-17-35/h3-6,9-11,15,24-25,29H,2,7-8,12-14,16-23H2,1H3. The predicted octanol–water partition coefficient (Wildman–Crippen LogP) is 4.86. The Morgan fingerprint density at radius 3 is 2.42 bits per heavy atom. The zero-order valence-electron chi connectivity index (χ0n) is 23.8. The second-order valence-electron chi connectivity index (χ2n) is 13.0. The molecule has 2 unspecified atom stereocenters. The zero-order valence-corrected chi connectivity index (χ0v) is 23.8. The SMILES string of the molecule is CC1(C(=O)N2CCC3(CC2c2ccccn2)C(=O)N(C2CC(N4CCCCC4)C2)c2ccccc23)CCOCC1. The minimum absolute atomic E-state index is 0.181. The van der Waals surface area contributed by atoms with Gasteiger partial charge in [-0.05, 0) is 88.2 Å². The Balaban J connectivity index is 1.19. The summed E-state index contributed by atoms with van der Waals surface area (Å²) in [4.78, 5) is 40.4. The van der Waals surface area contributed by atoms with Crippen molar-refractivity contribution in [3.8, 4) is 0 Å². The van der Waals surface area contributed by atoms with E-state index in [9.17, 15) is 9.59 Å². The van der Waals surface area contributed by atoms with Crippen molar-refractivity contribution in [2.24, 2.45) is 5.41 Å². The Morgan fingerprint density at radius 2 is 1.68 bits per heavy atom. The maximum absolute atomic E-state index is 14.6. The van der Waals surface area contributed by atoms with Gasteiger partial charge in [-0.3, -0.25) is 14.6 Å². The van der Waals surface area contributed by atoms with Crippen LogP contribution in [0.25, 0.3) is 0 Å². The summed E-state index contributed by atoms with van der Waals surface area (Å²) in [6, 6.07) is 15.0. The fourth-order valence-electron chi connectivity index (χ4n) is 8.17. The number of piperidine rings is 2. The van der Waals surface area contributed by atoms with Crippen molar-refractivity contribution in [1.82, 2.24) is 14.8 Å². The lowest BCUT2D eigenvalue weighted by atomic mass is 9.69. The number of benzene rings is 1. The Bertz CT molecular complexity index is 1250. The smallest absolute Gasteiger partial charge is 0.238 e. The lowest BCUT2D eigenvalue weighted by Crippen LogP contribution is -2.59. The molecule has 1 aromatic carbocycles. The molecule has 2 atom stereocenters. The highest BCUT2D eigenvalue weighted by Crippen LogP contribution is 2.55. The Kier molecular flexibility index (Phi) is 6.70. The molecule has 0 N–H and O–H groups in total. The van der Waals surface area contributed by atoms with Gasteiger partial charge in [-0.15, -0.1) is 0 Å². The highest BCUT2D eigenvalue weighted by Gasteiger charge is 2.58. The van der Waals surface area contributed by atoms with Crippen LogP contribution in [0.15, 0.2) is 48.7 Å². The highest BCUT2D eigenvalue weighted by molar-refractivity contribution is 6.09. The molecular formula is C33H42N4O3. The second kappa shape index (κ2) is 10.3. The van der Waals surface area contributed by atoms with E-state index in [1.807, 2.05) is 23.1 Å². The summed E-state index contributed by atoms with van der Waals surface area (Å²) in [5, 5.41) is 0. The summed E-state index contributed by atoms with van der Waals surface area (Å²) < 4.78 is 5.60.